The molecule has 0 unspecified atom stereocenters. The number of benzene rings is 1. The summed E-state index contributed by atoms with van der Waals surface area (Å²) in [6, 6.07) is 7.25. The third-order valence-corrected chi connectivity index (χ3v) is 3.65. The number of aryl methyl sites for hydroxylation is 1. The first-order valence-corrected chi connectivity index (χ1v) is 7.32. The van der Waals surface area contributed by atoms with Crippen LogP contribution in [0.5, 0.6) is 5.75 Å². The number of ether oxygens (including phenoxy) is 4. The van der Waals surface area contributed by atoms with Crippen molar-refractivity contribution in [3.05, 3.63) is 29.8 Å². The predicted molar refractivity (Wildman–Crippen MR) is 82.6 cm³/mol. The summed E-state index contributed by atoms with van der Waals surface area (Å²) in [5.41, 5.74) is 1.09. The fraction of sp³-hybridized carbons (Fsp3) is 0.533. The molecule has 2 rings (SSSR count). The molecule has 1 aromatic carbocycles. The van der Waals surface area contributed by atoms with Crippen molar-refractivity contribution < 1.29 is 29.2 Å². The van der Waals surface area contributed by atoms with Gasteiger partial charge in [0.1, 0.15) is 18.0 Å². The maximum atomic E-state index is 10.1. The maximum absolute atomic E-state index is 10.1. The molecule has 7 heteroatoms. The van der Waals surface area contributed by atoms with Crippen molar-refractivity contribution in [2.24, 2.45) is 0 Å². The molecule has 1 fully saturated rings. The van der Waals surface area contributed by atoms with Crippen LogP contribution in [0.3, 0.4) is 0 Å². The maximum Gasteiger partial charge on any atom is 0.358 e. The standard InChI is InChI=1S/C15H20O6S/c1-8-4-6-10(7-5-8)20-15(22)21-13-11(16)9(2)19-14(18-3)12(13)17/h4-7,9,11-14,16-17H,1-3H3/t9-,11-,12+,13+,14+/m0/s1. The van der Waals surface area contributed by atoms with Crippen LogP contribution in [-0.2, 0) is 14.2 Å². The summed E-state index contributed by atoms with van der Waals surface area (Å²) in [4.78, 5) is 0. The Balaban J connectivity index is 2.00. The number of thiocarbonyl (C=S) groups is 1. The van der Waals surface area contributed by atoms with Crippen molar-refractivity contribution in [2.45, 2.75) is 44.6 Å². The third kappa shape index (κ3) is 3.93. The van der Waals surface area contributed by atoms with Crippen LogP contribution in [0, 0.1) is 6.92 Å². The number of hydrogen-bond acceptors (Lipinski definition) is 7. The Kier molecular flexibility index (Phi) is 5.71. The van der Waals surface area contributed by atoms with Gasteiger partial charge in [0, 0.05) is 19.3 Å². The average molecular weight is 328 g/mol. The highest BCUT2D eigenvalue weighted by atomic mass is 32.1. The Labute approximate surface area is 134 Å². The van der Waals surface area contributed by atoms with Crippen LogP contribution in [0.25, 0.3) is 0 Å². The smallest absolute Gasteiger partial charge is 0.358 e. The molecule has 1 saturated heterocycles. The number of aliphatic hydroxyl groups is 2. The molecule has 1 aliphatic rings. The lowest BCUT2D eigenvalue weighted by molar-refractivity contribution is -0.284. The van der Waals surface area contributed by atoms with E-state index >= 15 is 0 Å². The largest absolute Gasteiger partial charge is 0.447 e. The van der Waals surface area contributed by atoms with Crippen LogP contribution in [0.4, 0.5) is 0 Å². The topological polar surface area (TPSA) is 77.4 Å². The van der Waals surface area contributed by atoms with Gasteiger partial charge in [-0.15, -0.1) is 0 Å². The van der Waals surface area contributed by atoms with Gasteiger partial charge in [0.15, 0.2) is 12.4 Å². The molecule has 1 aromatic rings. The number of aliphatic hydroxyl groups excluding tert-OH is 2. The Morgan fingerprint density at radius 1 is 1.18 bits per heavy atom. The predicted octanol–water partition coefficient (Wildman–Crippen LogP) is 1.16. The zero-order chi connectivity index (χ0) is 16.3. The number of hydrogen-bond donors (Lipinski definition) is 2. The van der Waals surface area contributed by atoms with Crippen molar-refractivity contribution in [1.82, 2.24) is 0 Å². The SMILES string of the molecule is CO[C@@H]1O[C@@H](C)[C@H](O)[C@@H](OC(=S)Oc2ccc(C)cc2)[C@H]1O. The lowest BCUT2D eigenvalue weighted by atomic mass is 10.00. The average Bonchev–Trinajstić information content (AvgIpc) is 2.49. The van der Waals surface area contributed by atoms with Crippen LogP contribution in [-0.4, -0.2) is 53.3 Å². The van der Waals surface area contributed by atoms with Gasteiger partial charge in [-0.25, -0.2) is 0 Å². The van der Waals surface area contributed by atoms with Crippen molar-refractivity contribution in [1.29, 1.82) is 0 Å². The summed E-state index contributed by atoms with van der Waals surface area (Å²) in [5.74, 6) is 0.517. The minimum absolute atomic E-state index is 0.184. The van der Waals surface area contributed by atoms with Crippen molar-refractivity contribution >= 4 is 17.5 Å². The van der Waals surface area contributed by atoms with E-state index in [1.165, 1.54) is 7.11 Å². The first-order chi connectivity index (χ1) is 10.4. The Bertz CT molecular complexity index is 505. The fourth-order valence-electron chi connectivity index (χ4n) is 2.17. The Morgan fingerprint density at radius 3 is 2.41 bits per heavy atom. The van der Waals surface area contributed by atoms with E-state index in [4.69, 9.17) is 31.2 Å². The summed E-state index contributed by atoms with van der Waals surface area (Å²) in [6.07, 6.45) is -4.70. The molecule has 122 valence electrons. The fourth-order valence-corrected chi connectivity index (χ4v) is 2.38. The van der Waals surface area contributed by atoms with Crippen molar-refractivity contribution in [2.75, 3.05) is 7.11 Å². The molecule has 0 amide bonds. The summed E-state index contributed by atoms with van der Waals surface area (Å²) < 4.78 is 21.1. The van der Waals surface area contributed by atoms with Gasteiger partial charge in [0.2, 0.25) is 0 Å². The highest BCUT2D eigenvalue weighted by Gasteiger charge is 2.45. The second kappa shape index (κ2) is 7.34. The van der Waals surface area contributed by atoms with Gasteiger partial charge < -0.3 is 29.2 Å². The molecular weight excluding hydrogens is 308 g/mol. The first-order valence-electron chi connectivity index (χ1n) is 6.92. The highest BCUT2D eigenvalue weighted by Crippen LogP contribution is 2.24. The minimum atomic E-state index is -1.18. The van der Waals surface area contributed by atoms with Crippen LogP contribution < -0.4 is 4.74 Å². The van der Waals surface area contributed by atoms with Gasteiger partial charge in [-0.3, -0.25) is 0 Å². The van der Waals surface area contributed by atoms with Crippen LogP contribution in [0.2, 0.25) is 0 Å². The Morgan fingerprint density at radius 2 is 1.82 bits per heavy atom. The molecule has 0 spiro atoms. The van der Waals surface area contributed by atoms with Crippen molar-refractivity contribution in [3.8, 4) is 5.75 Å². The van der Waals surface area contributed by atoms with Crippen molar-refractivity contribution in [3.63, 3.8) is 0 Å². The van der Waals surface area contributed by atoms with E-state index in [1.807, 2.05) is 19.1 Å². The molecule has 0 bridgehead atoms. The van der Waals surface area contributed by atoms with Gasteiger partial charge in [-0.2, -0.15) is 0 Å². The monoisotopic (exact) mass is 328 g/mol. The van der Waals surface area contributed by atoms with Gasteiger partial charge in [0.05, 0.1) is 6.10 Å². The second-order valence-corrected chi connectivity index (χ2v) is 5.51. The summed E-state index contributed by atoms with van der Waals surface area (Å²) in [6.45, 7) is 3.61. The summed E-state index contributed by atoms with van der Waals surface area (Å²) >= 11 is 5.02. The molecule has 0 radical (unpaired) electrons. The van der Waals surface area contributed by atoms with E-state index in [2.05, 4.69) is 0 Å². The van der Waals surface area contributed by atoms with Crippen LogP contribution in [0.1, 0.15) is 12.5 Å². The second-order valence-electron chi connectivity index (χ2n) is 5.17. The number of rotatable bonds is 3. The van der Waals surface area contributed by atoms with E-state index in [9.17, 15) is 10.2 Å². The zero-order valence-corrected chi connectivity index (χ0v) is 13.4. The van der Waals surface area contributed by atoms with Gasteiger partial charge in [-0.05, 0) is 26.0 Å². The molecule has 6 nitrogen and oxygen atoms in total. The van der Waals surface area contributed by atoms with E-state index < -0.39 is 30.7 Å². The molecule has 0 aliphatic carbocycles. The Hall–Kier alpha value is -1.25. The van der Waals surface area contributed by atoms with Gasteiger partial charge >= 0.3 is 5.24 Å². The summed E-state index contributed by atoms with van der Waals surface area (Å²) in [5, 5.41) is 20.0. The molecule has 5 atom stereocenters. The van der Waals surface area contributed by atoms with E-state index in [-0.39, 0.29) is 5.24 Å². The van der Waals surface area contributed by atoms with E-state index in [0.29, 0.717) is 5.75 Å². The van der Waals surface area contributed by atoms with E-state index in [0.717, 1.165) is 5.56 Å². The highest BCUT2D eigenvalue weighted by molar-refractivity contribution is 7.79. The van der Waals surface area contributed by atoms with Gasteiger partial charge in [0.25, 0.3) is 0 Å². The molecule has 1 heterocycles. The van der Waals surface area contributed by atoms with Gasteiger partial charge in [-0.1, -0.05) is 17.7 Å². The molecule has 22 heavy (non-hydrogen) atoms. The molecule has 1 aliphatic heterocycles. The number of methoxy groups -OCH3 is 1. The zero-order valence-electron chi connectivity index (χ0n) is 12.6. The lowest BCUT2D eigenvalue weighted by Crippen LogP contribution is -2.58. The quantitative estimate of drug-likeness (QED) is 0.806. The third-order valence-electron chi connectivity index (χ3n) is 3.47. The van der Waals surface area contributed by atoms with Crippen LogP contribution in [0.15, 0.2) is 24.3 Å². The summed E-state index contributed by atoms with van der Waals surface area (Å²) in [7, 11) is 1.40. The molecule has 0 saturated carbocycles. The normalized spacial score (nSPS) is 31.6. The lowest BCUT2D eigenvalue weighted by Gasteiger charge is -2.40. The minimum Gasteiger partial charge on any atom is -0.447 e. The van der Waals surface area contributed by atoms with Crippen LogP contribution >= 0.6 is 12.2 Å². The molecule has 0 aromatic heterocycles. The van der Waals surface area contributed by atoms with E-state index in [1.54, 1.807) is 19.1 Å². The molecular formula is C15H20O6S. The first kappa shape index (κ1) is 17.1. The molecule has 2 N–H and O–H groups in total.